The number of benzene rings is 2. The molecule has 0 aliphatic rings. The Kier molecular flexibility index (Phi) is 4.23. The fourth-order valence-electron chi connectivity index (χ4n) is 2.24. The van der Waals surface area contributed by atoms with E-state index in [0.29, 0.717) is 16.7 Å². The number of hydrogen-bond acceptors (Lipinski definition) is 3. The van der Waals surface area contributed by atoms with E-state index in [2.05, 4.69) is 0 Å². The van der Waals surface area contributed by atoms with Gasteiger partial charge in [0.1, 0.15) is 0 Å². The Hall–Kier alpha value is -1.97. The molecule has 3 nitrogen and oxygen atoms in total. The van der Waals surface area contributed by atoms with E-state index in [1.807, 2.05) is 0 Å². The van der Waals surface area contributed by atoms with Crippen LogP contribution in [0.4, 0.5) is 0 Å². The summed E-state index contributed by atoms with van der Waals surface area (Å²) in [5, 5.41) is 20.0. The third-order valence-electron chi connectivity index (χ3n) is 3.68. The van der Waals surface area contributed by atoms with E-state index < -0.39 is 11.2 Å². The van der Waals surface area contributed by atoms with Crippen LogP contribution in [0, 0.1) is 0 Å². The highest BCUT2D eigenvalue weighted by Crippen LogP contribution is 2.23. The molecule has 0 aromatic heterocycles. The lowest BCUT2D eigenvalue weighted by Crippen LogP contribution is -2.17. The monoisotopic (exact) mass is 298 g/mol. The zero-order valence-corrected chi connectivity index (χ0v) is 13.4. The molecule has 0 saturated carbocycles. The van der Waals surface area contributed by atoms with Crippen molar-refractivity contribution in [2.75, 3.05) is 0 Å². The summed E-state index contributed by atoms with van der Waals surface area (Å²) in [4.78, 5) is 12.5. The first-order valence-corrected chi connectivity index (χ1v) is 7.29. The van der Waals surface area contributed by atoms with Gasteiger partial charge >= 0.3 is 0 Å². The molecular formula is C19H22O3. The molecule has 2 rings (SSSR count). The van der Waals surface area contributed by atoms with E-state index in [0.717, 1.165) is 5.56 Å². The minimum Gasteiger partial charge on any atom is -0.386 e. The number of hydrogen-bond donors (Lipinski definition) is 2. The number of rotatable bonds is 4. The van der Waals surface area contributed by atoms with Gasteiger partial charge in [-0.25, -0.2) is 0 Å². The molecule has 22 heavy (non-hydrogen) atoms. The molecule has 2 aromatic carbocycles. The van der Waals surface area contributed by atoms with Crippen molar-refractivity contribution < 1.29 is 15.0 Å². The van der Waals surface area contributed by atoms with Crippen molar-refractivity contribution in [1.29, 1.82) is 0 Å². The topological polar surface area (TPSA) is 57.5 Å². The lowest BCUT2D eigenvalue weighted by molar-refractivity contribution is 0.0778. The number of carbonyl (C=O) groups excluding carboxylic acids is 1. The van der Waals surface area contributed by atoms with Crippen molar-refractivity contribution in [3.63, 3.8) is 0 Å². The molecule has 0 spiro atoms. The van der Waals surface area contributed by atoms with Crippen LogP contribution in [0.1, 0.15) is 54.7 Å². The molecule has 0 saturated heterocycles. The Morgan fingerprint density at radius 3 is 1.82 bits per heavy atom. The Morgan fingerprint density at radius 1 is 0.773 bits per heavy atom. The molecular weight excluding hydrogens is 276 g/mol. The molecule has 2 aromatic rings. The Balaban J connectivity index is 2.33. The first kappa shape index (κ1) is 16.4. The van der Waals surface area contributed by atoms with Gasteiger partial charge in [0, 0.05) is 11.1 Å². The van der Waals surface area contributed by atoms with Crippen LogP contribution in [-0.4, -0.2) is 16.0 Å². The Bertz CT molecular complexity index is 671. The summed E-state index contributed by atoms with van der Waals surface area (Å²) >= 11 is 0. The highest BCUT2D eigenvalue weighted by Gasteiger charge is 2.19. The fraction of sp³-hybridized carbons (Fsp3) is 0.316. The second-order valence-corrected chi connectivity index (χ2v) is 6.61. The molecule has 116 valence electrons. The van der Waals surface area contributed by atoms with E-state index >= 15 is 0 Å². The summed E-state index contributed by atoms with van der Waals surface area (Å²) in [6.07, 6.45) is 0. The standard InChI is InChI=1S/C19H22O3/c1-18(2,21)15-10-8-13(9-11-15)17(20)14-6-5-7-16(12-14)19(3,4)22/h5-12,21-22H,1-4H3. The van der Waals surface area contributed by atoms with Crippen molar-refractivity contribution in [2.24, 2.45) is 0 Å². The average molecular weight is 298 g/mol. The zero-order valence-electron chi connectivity index (χ0n) is 13.4. The Morgan fingerprint density at radius 2 is 1.32 bits per heavy atom. The van der Waals surface area contributed by atoms with E-state index in [1.165, 1.54) is 0 Å². The van der Waals surface area contributed by atoms with Gasteiger partial charge in [-0.05, 0) is 44.9 Å². The molecule has 2 N–H and O–H groups in total. The summed E-state index contributed by atoms with van der Waals surface area (Å²) in [5.41, 5.74) is 0.640. The van der Waals surface area contributed by atoms with Crippen LogP contribution in [0.15, 0.2) is 48.5 Å². The molecule has 0 unspecified atom stereocenters. The third-order valence-corrected chi connectivity index (χ3v) is 3.68. The third kappa shape index (κ3) is 3.62. The number of ketones is 1. The molecule has 0 aliphatic carbocycles. The largest absolute Gasteiger partial charge is 0.386 e. The predicted octanol–water partition coefficient (Wildman–Crippen LogP) is 3.37. The lowest BCUT2D eigenvalue weighted by atomic mass is 9.92. The SMILES string of the molecule is CC(C)(O)c1ccc(C(=O)c2cccc(C(C)(C)O)c2)cc1. The summed E-state index contributed by atoms with van der Waals surface area (Å²) < 4.78 is 0. The predicted molar refractivity (Wildman–Crippen MR) is 86.8 cm³/mol. The first-order valence-electron chi connectivity index (χ1n) is 7.29. The van der Waals surface area contributed by atoms with Crippen LogP contribution in [0.5, 0.6) is 0 Å². The van der Waals surface area contributed by atoms with E-state index in [1.54, 1.807) is 76.2 Å². The molecule has 0 aliphatic heterocycles. The normalized spacial score (nSPS) is 12.3. The van der Waals surface area contributed by atoms with E-state index in [9.17, 15) is 15.0 Å². The van der Waals surface area contributed by atoms with Crippen molar-refractivity contribution in [2.45, 2.75) is 38.9 Å². The van der Waals surface area contributed by atoms with E-state index in [-0.39, 0.29) is 5.78 Å². The maximum Gasteiger partial charge on any atom is 0.193 e. The van der Waals surface area contributed by atoms with Gasteiger partial charge in [0.05, 0.1) is 11.2 Å². The van der Waals surface area contributed by atoms with Crippen molar-refractivity contribution in [3.05, 3.63) is 70.8 Å². The van der Waals surface area contributed by atoms with Crippen molar-refractivity contribution in [1.82, 2.24) is 0 Å². The van der Waals surface area contributed by atoms with Crippen LogP contribution < -0.4 is 0 Å². The van der Waals surface area contributed by atoms with E-state index in [4.69, 9.17) is 0 Å². The second kappa shape index (κ2) is 5.67. The summed E-state index contributed by atoms with van der Waals surface area (Å²) in [6, 6.07) is 14.0. The second-order valence-electron chi connectivity index (χ2n) is 6.61. The van der Waals surface area contributed by atoms with Crippen LogP contribution in [0.2, 0.25) is 0 Å². The van der Waals surface area contributed by atoms with Gasteiger partial charge in [-0.15, -0.1) is 0 Å². The summed E-state index contributed by atoms with van der Waals surface area (Å²) in [6.45, 7) is 6.79. The van der Waals surface area contributed by atoms with Crippen molar-refractivity contribution >= 4 is 5.78 Å². The van der Waals surface area contributed by atoms with Gasteiger partial charge in [-0.2, -0.15) is 0 Å². The van der Waals surface area contributed by atoms with Crippen molar-refractivity contribution in [3.8, 4) is 0 Å². The maximum atomic E-state index is 12.5. The minimum absolute atomic E-state index is 0.103. The maximum absolute atomic E-state index is 12.5. The van der Waals surface area contributed by atoms with Gasteiger partial charge in [0.15, 0.2) is 5.78 Å². The first-order chi connectivity index (χ1) is 10.1. The van der Waals surface area contributed by atoms with Gasteiger partial charge in [-0.1, -0.05) is 42.5 Å². The van der Waals surface area contributed by atoms with Crippen LogP contribution in [0.3, 0.4) is 0 Å². The number of aliphatic hydroxyl groups is 2. The molecule has 0 amide bonds. The lowest BCUT2D eigenvalue weighted by Gasteiger charge is -2.19. The summed E-state index contributed by atoms with van der Waals surface area (Å²) in [5.74, 6) is -0.103. The zero-order chi connectivity index (χ0) is 16.5. The fourth-order valence-corrected chi connectivity index (χ4v) is 2.24. The smallest absolute Gasteiger partial charge is 0.193 e. The molecule has 0 heterocycles. The highest BCUT2D eigenvalue weighted by molar-refractivity contribution is 6.09. The number of carbonyl (C=O) groups is 1. The quantitative estimate of drug-likeness (QED) is 0.851. The average Bonchev–Trinajstić information content (AvgIpc) is 2.45. The highest BCUT2D eigenvalue weighted by atomic mass is 16.3. The van der Waals surface area contributed by atoms with Gasteiger partial charge in [0.2, 0.25) is 0 Å². The van der Waals surface area contributed by atoms with Crippen LogP contribution in [-0.2, 0) is 11.2 Å². The molecule has 0 atom stereocenters. The van der Waals surface area contributed by atoms with Crippen LogP contribution >= 0.6 is 0 Å². The Labute approximate surface area is 131 Å². The molecule has 3 heteroatoms. The minimum atomic E-state index is -0.985. The molecule has 0 bridgehead atoms. The molecule has 0 fully saturated rings. The van der Waals surface area contributed by atoms with Crippen LogP contribution in [0.25, 0.3) is 0 Å². The summed E-state index contributed by atoms with van der Waals surface area (Å²) in [7, 11) is 0. The van der Waals surface area contributed by atoms with Gasteiger partial charge in [0.25, 0.3) is 0 Å². The van der Waals surface area contributed by atoms with Gasteiger partial charge in [-0.3, -0.25) is 4.79 Å². The molecule has 0 radical (unpaired) electrons. The van der Waals surface area contributed by atoms with Gasteiger partial charge < -0.3 is 10.2 Å².